The predicted octanol–water partition coefficient (Wildman–Crippen LogP) is 2.14. The zero-order valence-electron chi connectivity index (χ0n) is 14.2. The van der Waals surface area contributed by atoms with Crippen LogP contribution in [0.4, 0.5) is 14.9 Å². The number of hydrogen-bond donors (Lipinski definition) is 3. The van der Waals surface area contributed by atoms with E-state index in [4.69, 9.17) is 5.73 Å². The van der Waals surface area contributed by atoms with Gasteiger partial charge < -0.3 is 16.4 Å². The minimum Gasteiger partial charge on any atom is -0.352 e. The Kier molecular flexibility index (Phi) is 5.41. The summed E-state index contributed by atoms with van der Waals surface area (Å²) >= 11 is 0. The van der Waals surface area contributed by atoms with E-state index in [2.05, 4.69) is 20.6 Å². The van der Waals surface area contributed by atoms with Gasteiger partial charge in [0.25, 0.3) is 0 Å². The molecule has 2 heterocycles. The second-order valence-corrected chi connectivity index (χ2v) is 5.71. The van der Waals surface area contributed by atoms with Gasteiger partial charge in [0.1, 0.15) is 18.0 Å². The summed E-state index contributed by atoms with van der Waals surface area (Å²) in [6, 6.07) is 7.54. The van der Waals surface area contributed by atoms with Crippen molar-refractivity contribution in [2.45, 2.75) is 12.5 Å². The van der Waals surface area contributed by atoms with Crippen molar-refractivity contribution in [3.63, 3.8) is 0 Å². The summed E-state index contributed by atoms with van der Waals surface area (Å²) in [7, 11) is 0. The van der Waals surface area contributed by atoms with Crippen LogP contribution in [0.1, 0.15) is 18.0 Å². The number of nitrogens with two attached hydrogens (primary N) is 1. The predicted molar refractivity (Wildman–Crippen MR) is 96.5 cm³/mol. The summed E-state index contributed by atoms with van der Waals surface area (Å²) in [5.74, 6) is -0.310. The number of anilines is 1. The molecule has 0 spiro atoms. The lowest BCUT2D eigenvalue weighted by Crippen LogP contribution is -2.35. The molecule has 4 N–H and O–H groups in total. The highest BCUT2D eigenvalue weighted by atomic mass is 19.1. The lowest BCUT2D eigenvalue weighted by atomic mass is 10.0. The normalized spacial score (nSPS) is 11.6. The molecule has 0 bridgehead atoms. The second-order valence-electron chi connectivity index (χ2n) is 5.71. The van der Waals surface area contributed by atoms with Crippen LogP contribution in [0.25, 0.3) is 5.82 Å². The van der Waals surface area contributed by atoms with Gasteiger partial charge in [0.2, 0.25) is 5.91 Å². The number of nitrogens with one attached hydrogen (secondary N) is 2. The quantitative estimate of drug-likeness (QED) is 0.618. The number of benzene rings is 1. The molecule has 0 aliphatic carbocycles. The molecule has 27 heavy (non-hydrogen) atoms. The van der Waals surface area contributed by atoms with Gasteiger partial charge in [-0.25, -0.2) is 19.2 Å². The highest BCUT2D eigenvalue weighted by Gasteiger charge is 2.20. The number of urea groups is 1. The van der Waals surface area contributed by atoms with Gasteiger partial charge in [-0.15, -0.1) is 0 Å². The number of nitrogens with zero attached hydrogens (tertiary/aromatic N) is 3. The summed E-state index contributed by atoms with van der Waals surface area (Å²) in [6.07, 6.45) is 6.29. The Morgan fingerprint density at radius 1 is 1.22 bits per heavy atom. The SMILES string of the molecule is NC(=O)NC(CC(=O)Nc1ccc(-n2ccnc2)nc1)c1ccccc1F. The molecule has 0 aliphatic heterocycles. The molecule has 0 aliphatic rings. The minimum absolute atomic E-state index is 0.181. The molecule has 0 fully saturated rings. The Balaban J connectivity index is 1.69. The number of rotatable bonds is 6. The maximum absolute atomic E-state index is 14.0. The zero-order chi connectivity index (χ0) is 19.2. The molecule has 3 rings (SSSR count). The molecule has 1 aromatic carbocycles. The first-order valence-corrected chi connectivity index (χ1v) is 8.07. The summed E-state index contributed by atoms with van der Waals surface area (Å²) in [5.41, 5.74) is 5.80. The standard InChI is InChI=1S/C18H17FN6O2/c19-14-4-2-1-3-13(14)15(24-18(20)27)9-17(26)23-12-5-6-16(22-10-12)25-8-7-21-11-25/h1-8,10-11,15H,9H2,(H,23,26)(H3,20,24,27). The fraction of sp³-hybridized carbons (Fsp3) is 0.111. The molecule has 138 valence electrons. The highest BCUT2D eigenvalue weighted by molar-refractivity contribution is 5.91. The number of pyridine rings is 1. The third kappa shape index (κ3) is 4.66. The molecule has 2 aromatic heterocycles. The van der Waals surface area contributed by atoms with Crippen LogP contribution in [0.3, 0.4) is 0 Å². The summed E-state index contributed by atoms with van der Waals surface area (Å²) in [4.78, 5) is 31.7. The van der Waals surface area contributed by atoms with Crippen LogP contribution in [-0.2, 0) is 4.79 Å². The molecule has 0 radical (unpaired) electrons. The van der Waals surface area contributed by atoms with E-state index in [-0.39, 0.29) is 12.0 Å². The maximum Gasteiger partial charge on any atom is 0.312 e. The molecule has 1 atom stereocenters. The first-order chi connectivity index (χ1) is 13.0. The van der Waals surface area contributed by atoms with Gasteiger partial charge in [-0.05, 0) is 18.2 Å². The summed E-state index contributed by atoms with van der Waals surface area (Å²) in [5, 5.41) is 5.06. The lowest BCUT2D eigenvalue weighted by molar-refractivity contribution is -0.116. The topological polar surface area (TPSA) is 115 Å². The smallest absolute Gasteiger partial charge is 0.312 e. The van der Waals surface area contributed by atoms with Crippen molar-refractivity contribution in [3.05, 3.63) is 72.7 Å². The fourth-order valence-corrected chi connectivity index (χ4v) is 2.57. The van der Waals surface area contributed by atoms with E-state index in [0.717, 1.165) is 0 Å². The van der Waals surface area contributed by atoms with Gasteiger partial charge in [0.15, 0.2) is 0 Å². The lowest BCUT2D eigenvalue weighted by Gasteiger charge is -2.18. The van der Waals surface area contributed by atoms with E-state index < -0.39 is 23.8 Å². The number of aromatic nitrogens is 3. The molecular weight excluding hydrogens is 351 g/mol. The number of carbonyl (C=O) groups is 2. The second kappa shape index (κ2) is 8.09. The Labute approximate surface area is 154 Å². The maximum atomic E-state index is 14.0. The van der Waals surface area contributed by atoms with Crippen molar-refractivity contribution < 1.29 is 14.0 Å². The molecule has 1 unspecified atom stereocenters. The van der Waals surface area contributed by atoms with Gasteiger partial charge in [0, 0.05) is 18.0 Å². The number of carbonyl (C=O) groups excluding carboxylic acids is 2. The van der Waals surface area contributed by atoms with E-state index in [9.17, 15) is 14.0 Å². The van der Waals surface area contributed by atoms with E-state index in [1.807, 2.05) is 0 Å². The first-order valence-electron chi connectivity index (χ1n) is 8.07. The minimum atomic E-state index is -0.887. The van der Waals surface area contributed by atoms with Crippen molar-refractivity contribution in [2.75, 3.05) is 5.32 Å². The average molecular weight is 368 g/mol. The van der Waals surface area contributed by atoms with Crippen molar-refractivity contribution in [2.24, 2.45) is 5.73 Å². The van der Waals surface area contributed by atoms with E-state index in [1.54, 1.807) is 41.5 Å². The molecule has 9 heteroatoms. The third-order valence-electron chi connectivity index (χ3n) is 3.79. The number of hydrogen-bond acceptors (Lipinski definition) is 4. The Bertz CT molecular complexity index is 927. The van der Waals surface area contributed by atoms with Gasteiger partial charge in [-0.3, -0.25) is 9.36 Å². The molecule has 3 aromatic rings. The van der Waals surface area contributed by atoms with E-state index in [1.165, 1.54) is 24.4 Å². The van der Waals surface area contributed by atoms with E-state index in [0.29, 0.717) is 11.5 Å². The zero-order valence-corrected chi connectivity index (χ0v) is 14.2. The van der Waals surface area contributed by atoms with Crippen molar-refractivity contribution in [3.8, 4) is 5.82 Å². The molecule has 3 amide bonds. The van der Waals surface area contributed by atoms with Crippen LogP contribution in [-0.4, -0.2) is 26.5 Å². The van der Waals surface area contributed by atoms with Gasteiger partial charge in [-0.2, -0.15) is 0 Å². The van der Waals surface area contributed by atoms with Crippen LogP contribution in [0, 0.1) is 5.82 Å². The van der Waals surface area contributed by atoms with Crippen LogP contribution < -0.4 is 16.4 Å². The average Bonchev–Trinajstić information content (AvgIpc) is 3.16. The van der Waals surface area contributed by atoms with Crippen molar-refractivity contribution in [1.29, 1.82) is 0 Å². The van der Waals surface area contributed by atoms with Crippen LogP contribution in [0.2, 0.25) is 0 Å². The fourth-order valence-electron chi connectivity index (χ4n) is 2.57. The first kappa shape index (κ1) is 18.1. The number of amides is 3. The third-order valence-corrected chi connectivity index (χ3v) is 3.79. The van der Waals surface area contributed by atoms with Crippen LogP contribution in [0.15, 0.2) is 61.3 Å². The Hall–Kier alpha value is -3.75. The largest absolute Gasteiger partial charge is 0.352 e. The molecule has 0 saturated heterocycles. The van der Waals surface area contributed by atoms with Crippen LogP contribution >= 0.6 is 0 Å². The van der Waals surface area contributed by atoms with Crippen LogP contribution in [0.5, 0.6) is 0 Å². The van der Waals surface area contributed by atoms with Crippen molar-refractivity contribution in [1.82, 2.24) is 19.9 Å². The number of imidazole rings is 1. The molecule has 8 nitrogen and oxygen atoms in total. The summed E-state index contributed by atoms with van der Waals surface area (Å²) < 4.78 is 15.7. The van der Waals surface area contributed by atoms with Gasteiger partial charge >= 0.3 is 6.03 Å². The van der Waals surface area contributed by atoms with Gasteiger partial charge in [-0.1, -0.05) is 18.2 Å². The van der Waals surface area contributed by atoms with Crippen molar-refractivity contribution >= 4 is 17.6 Å². The van der Waals surface area contributed by atoms with Gasteiger partial charge in [0.05, 0.1) is 24.3 Å². The molecular formula is C18H17FN6O2. The Morgan fingerprint density at radius 2 is 2.04 bits per heavy atom. The Morgan fingerprint density at radius 3 is 2.67 bits per heavy atom. The summed E-state index contributed by atoms with van der Waals surface area (Å²) in [6.45, 7) is 0. The number of primary amides is 1. The monoisotopic (exact) mass is 368 g/mol. The molecule has 0 saturated carbocycles. The highest BCUT2D eigenvalue weighted by Crippen LogP contribution is 2.21. The number of halogens is 1. The van der Waals surface area contributed by atoms with E-state index >= 15 is 0 Å².